The van der Waals surface area contributed by atoms with E-state index in [9.17, 15) is 22.4 Å². The van der Waals surface area contributed by atoms with E-state index in [1.165, 1.54) is 34.8 Å². The largest absolute Gasteiger partial charge is 0.328 e. The van der Waals surface area contributed by atoms with Crippen molar-refractivity contribution in [1.82, 2.24) is 14.2 Å². The molecule has 2 aliphatic rings. The van der Waals surface area contributed by atoms with Crippen molar-refractivity contribution in [3.63, 3.8) is 0 Å². The predicted octanol–water partition coefficient (Wildman–Crippen LogP) is 3.40. The van der Waals surface area contributed by atoms with Crippen LogP contribution >= 0.6 is 11.3 Å². The van der Waals surface area contributed by atoms with E-state index in [4.69, 9.17) is 0 Å². The summed E-state index contributed by atoms with van der Waals surface area (Å²) in [5.41, 5.74) is 0.411. The number of rotatable bonds is 7. The molecule has 2 amide bonds. The van der Waals surface area contributed by atoms with Crippen molar-refractivity contribution in [2.75, 3.05) is 25.0 Å². The van der Waals surface area contributed by atoms with E-state index in [2.05, 4.69) is 10.3 Å². The van der Waals surface area contributed by atoms with Gasteiger partial charge in [-0.25, -0.2) is 17.8 Å². The SMILES string of the molecule is Cc1ccc(F)cc1S(=O)(=O)N1CCN(C(CC2CCCCC2)C(=O)Nc2nccs2)C(=O)C1. The average molecular weight is 509 g/mol. The molecule has 0 radical (unpaired) electrons. The first kappa shape index (κ1) is 24.7. The Morgan fingerprint density at radius 2 is 2.03 bits per heavy atom. The number of thiazole rings is 1. The van der Waals surface area contributed by atoms with Crippen LogP contribution < -0.4 is 5.32 Å². The van der Waals surface area contributed by atoms with Crippen LogP contribution in [0.25, 0.3) is 0 Å². The number of nitrogens with zero attached hydrogens (tertiary/aromatic N) is 3. The maximum absolute atomic E-state index is 13.7. The molecule has 1 saturated heterocycles. The van der Waals surface area contributed by atoms with Gasteiger partial charge >= 0.3 is 0 Å². The lowest BCUT2D eigenvalue weighted by molar-refractivity contribution is -0.142. The summed E-state index contributed by atoms with van der Waals surface area (Å²) < 4.78 is 41.1. The van der Waals surface area contributed by atoms with E-state index in [-0.39, 0.29) is 30.4 Å². The van der Waals surface area contributed by atoms with Crippen LogP contribution in [0, 0.1) is 18.7 Å². The topological polar surface area (TPSA) is 99.7 Å². The Morgan fingerprint density at radius 3 is 2.71 bits per heavy atom. The number of sulfonamides is 1. The molecule has 2 heterocycles. The smallest absolute Gasteiger partial charge is 0.248 e. The molecule has 2 fully saturated rings. The Labute approximate surface area is 203 Å². The molecule has 1 aliphatic heterocycles. The van der Waals surface area contributed by atoms with Crippen LogP contribution in [-0.2, 0) is 19.6 Å². The van der Waals surface area contributed by atoms with Gasteiger partial charge in [-0.2, -0.15) is 4.31 Å². The van der Waals surface area contributed by atoms with Gasteiger partial charge in [0, 0.05) is 24.7 Å². The maximum atomic E-state index is 13.7. The molecular weight excluding hydrogens is 479 g/mol. The molecular formula is C23H29FN4O4S2. The molecule has 1 unspecified atom stereocenters. The fraction of sp³-hybridized carbons (Fsp3) is 0.522. The van der Waals surface area contributed by atoms with Crippen LogP contribution in [0.5, 0.6) is 0 Å². The second-order valence-corrected chi connectivity index (χ2v) is 11.7. The number of anilines is 1. The molecule has 1 aromatic carbocycles. The van der Waals surface area contributed by atoms with Crippen molar-refractivity contribution in [1.29, 1.82) is 0 Å². The third-order valence-electron chi connectivity index (χ3n) is 6.61. The van der Waals surface area contributed by atoms with Gasteiger partial charge in [0.15, 0.2) is 5.13 Å². The minimum absolute atomic E-state index is 0.0374. The number of aromatic nitrogens is 1. The molecule has 1 N–H and O–H groups in total. The van der Waals surface area contributed by atoms with Gasteiger partial charge in [0.05, 0.1) is 11.4 Å². The molecule has 34 heavy (non-hydrogen) atoms. The second-order valence-electron chi connectivity index (χ2n) is 8.92. The molecule has 1 saturated carbocycles. The Hall–Kier alpha value is -2.37. The number of carbonyl (C=O) groups is 2. The maximum Gasteiger partial charge on any atom is 0.248 e. The zero-order chi connectivity index (χ0) is 24.3. The van der Waals surface area contributed by atoms with Crippen molar-refractivity contribution in [3.05, 3.63) is 41.2 Å². The van der Waals surface area contributed by atoms with Crippen LogP contribution in [0.2, 0.25) is 0 Å². The number of piperazine rings is 1. The predicted molar refractivity (Wildman–Crippen MR) is 127 cm³/mol. The fourth-order valence-corrected chi connectivity index (χ4v) is 6.93. The van der Waals surface area contributed by atoms with Gasteiger partial charge in [-0.15, -0.1) is 11.3 Å². The molecule has 8 nitrogen and oxygen atoms in total. The molecule has 4 rings (SSSR count). The zero-order valence-corrected chi connectivity index (χ0v) is 20.7. The molecule has 1 atom stereocenters. The standard InChI is InChI=1S/C23H29FN4O4S2/c1-16-7-8-18(24)14-20(16)34(31,32)27-10-11-28(21(29)15-27)19(13-17-5-3-2-4-6-17)22(30)26-23-25-9-12-33-23/h7-9,12,14,17,19H,2-6,10-11,13,15H2,1H3,(H,25,26,30). The van der Waals surface area contributed by atoms with Gasteiger partial charge in [-0.1, -0.05) is 38.2 Å². The van der Waals surface area contributed by atoms with E-state index in [0.29, 0.717) is 23.0 Å². The molecule has 184 valence electrons. The van der Waals surface area contributed by atoms with E-state index in [1.54, 1.807) is 18.5 Å². The van der Waals surface area contributed by atoms with Gasteiger partial charge in [-0.3, -0.25) is 9.59 Å². The third-order valence-corrected chi connectivity index (χ3v) is 9.29. The van der Waals surface area contributed by atoms with Crippen molar-refractivity contribution < 1.29 is 22.4 Å². The van der Waals surface area contributed by atoms with E-state index < -0.39 is 27.8 Å². The Kier molecular flexibility index (Phi) is 7.63. The van der Waals surface area contributed by atoms with E-state index in [1.807, 2.05) is 0 Å². The lowest BCUT2D eigenvalue weighted by Gasteiger charge is -2.39. The Morgan fingerprint density at radius 1 is 1.26 bits per heavy atom. The molecule has 0 bridgehead atoms. The minimum Gasteiger partial charge on any atom is -0.328 e. The number of carbonyl (C=O) groups excluding carboxylic acids is 2. The highest BCUT2D eigenvalue weighted by Crippen LogP contribution is 2.30. The second kappa shape index (κ2) is 10.5. The summed E-state index contributed by atoms with van der Waals surface area (Å²) in [6.45, 7) is 1.34. The summed E-state index contributed by atoms with van der Waals surface area (Å²) in [6.07, 6.45) is 7.57. The van der Waals surface area contributed by atoms with Crippen molar-refractivity contribution >= 4 is 38.3 Å². The van der Waals surface area contributed by atoms with Crippen LogP contribution in [0.4, 0.5) is 9.52 Å². The zero-order valence-electron chi connectivity index (χ0n) is 19.1. The van der Waals surface area contributed by atoms with Gasteiger partial charge in [0.1, 0.15) is 11.9 Å². The monoisotopic (exact) mass is 508 g/mol. The van der Waals surface area contributed by atoms with Crippen LogP contribution in [0.3, 0.4) is 0 Å². The highest BCUT2D eigenvalue weighted by Gasteiger charge is 2.39. The highest BCUT2D eigenvalue weighted by atomic mass is 32.2. The number of benzene rings is 1. The summed E-state index contributed by atoms with van der Waals surface area (Å²) in [5, 5.41) is 5.04. The van der Waals surface area contributed by atoms with Crippen molar-refractivity contribution in [3.8, 4) is 0 Å². The Bertz CT molecular complexity index is 1130. The number of amides is 2. The molecule has 1 aliphatic carbocycles. The summed E-state index contributed by atoms with van der Waals surface area (Å²) in [4.78, 5) is 31.8. The van der Waals surface area contributed by atoms with Gasteiger partial charge in [0.2, 0.25) is 21.8 Å². The number of halogens is 1. The normalized spacial score (nSPS) is 19.2. The van der Waals surface area contributed by atoms with Gasteiger partial charge in [-0.05, 0) is 37.0 Å². The summed E-state index contributed by atoms with van der Waals surface area (Å²) in [5.74, 6) is -1.05. The first-order valence-electron chi connectivity index (χ1n) is 11.5. The summed E-state index contributed by atoms with van der Waals surface area (Å²) >= 11 is 1.30. The van der Waals surface area contributed by atoms with Crippen molar-refractivity contribution in [2.45, 2.75) is 56.4 Å². The highest BCUT2D eigenvalue weighted by molar-refractivity contribution is 7.89. The fourth-order valence-electron chi connectivity index (χ4n) is 4.78. The average Bonchev–Trinajstić information content (AvgIpc) is 3.33. The van der Waals surface area contributed by atoms with Crippen LogP contribution in [0.1, 0.15) is 44.1 Å². The van der Waals surface area contributed by atoms with Crippen LogP contribution in [-0.4, -0.2) is 60.1 Å². The first-order chi connectivity index (χ1) is 16.3. The molecule has 0 spiro atoms. The van der Waals surface area contributed by atoms with Gasteiger partial charge < -0.3 is 10.2 Å². The third kappa shape index (κ3) is 5.47. The number of hydrogen-bond donors (Lipinski definition) is 1. The van der Waals surface area contributed by atoms with E-state index in [0.717, 1.165) is 36.1 Å². The summed E-state index contributed by atoms with van der Waals surface area (Å²) in [6, 6.07) is 2.90. The molecule has 11 heteroatoms. The Balaban J connectivity index is 1.52. The minimum atomic E-state index is -4.05. The van der Waals surface area contributed by atoms with E-state index >= 15 is 0 Å². The number of hydrogen-bond acceptors (Lipinski definition) is 6. The van der Waals surface area contributed by atoms with Crippen LogP contribution in [0.15, 0.2) is 34.7 Å². The molecule has 1 aromatic heterocycles. The number of nitrogens with one attached hydrogen (secondary N) is 1. The lowest BCUT2D eigenvalue weighted by atomic mass is 9.84. The first-order valence-corrected chi connectivity index (χ1v) is 13.8. The number of aryl methyl sites for hydroxylation is 1. The van der Waals surface area contributed by atoms with Gasteiger partial charge in [0.25, 0.3) is 0 Å². The molecule has 2 aromatic rings. The quantitative estimate of drug-likeness (QED) is 0.618. The lowest BCUT2D eigenvalue weighted by Crippen LogP contribution is -2.58. The summed E-state index contributed by atoms with van der Waals surface area (Å²) in [7, 11) is -4.05. The van der Waals surface area contributed by atoms with Crippen molar-refractivity contribution in [2.24, 2.45) is 5.92 Å².